The molecule has 1 aromatic rings. The average molecular weight is 251 g/mol. The monoisotopic (exact) mass is 251 g/mol. The minimum absolute atomic E-state index is 0.290. The third-order valence-corrected chi connectivity index (χ3v) is 3.87. The molecular formula is C14H25N3O. The molecule has 18 heavy (non-hydrogen) atoms. The Bertz CT molecular complexity index is 377. The number of nitrogens with two attached hydrogens (primary N) is 1. The van der Waals surface area contributed by atoms with Crippen LogP contribution >= 0.6 is 0 Å². The zero-order chi connectivity index (χ0) is 13.2. The van der Waals surface area contributed by atoms with Crippen molar-refractivity contribution >= 4 is 0 Å². The van der Waals surface area contributed by atoms with E-state index in [-0.39, 0.29) is 0 Å². The Balaban J connectivity index is 1.87. The summed E-state index contributed by atoms with van der Waals surface area (Å²) in [5.41, 5.74) is 5.99. The minimum atomic E-state index is 0.290. The summed E-state index contributed by atoms with van der Waals surface area (Å²) in [5.74, 6) is 2.89. The van der Waals surface area contributed by atoms with E-state index in [1.54, 1.807) is 0 Å². The fourth-order valence-electron chi connectivity index (χ4n) is 2.39. The van der Waals surface area contributed by atoms with Crippen LogP contribution in [0.25, 0.3) is 0 Å². The third-order valence-electron chi connectivity index (χ3n) is 3.87. The van der Waals surface area contributed by atoms with Gasteiger partial charge in [-0.1, -0.05) is 25.9 Å². The summed E-state index contributed by atoms with van der Waals surface area (Å²) in [6.45, 7) is 7.57. The first kappa shape index (κ1) is 13.5. The molecule has 0 aromatic carbocycles. The molecule has 0 spiro atoms. The van der Waals surface area contributed by atoms with Crippen LogP contribution < -0.4 is 5.73 Å². The lowest BCUT2D eigenvalue weighted by Gasteiger charge is -2.30. The molecule has 0 aliphatic heterocycles. The average Bonchev–Trinajstić information content (AvgIpc) is 3.03. The molecule has 102 valence electrons. The van der Waals surface area contributed by atoms with Crippen molar-refractivity contribution in [2.24, 2.45) is 17.1 Å². The van der Waals surface area contributed by atoms with Crippen molar-refractivity contribution in [3.8, 4) is 0 Å². The Kier molecular flexibility index (Phi) is 4.05. The third kappa shape index (κ3) is 3.55. The van der Waals surface area contributed by atoms with E-state index in [1.165, 1.54) is 12.8 Å². The lowest BCUT2D eigenvalue weighted by molar-refractivity contribution is 0.208. The first-order chi connectivity index (χ1) is 8.50. The molecule has 1 aliphatic carbocycles. The number of nitrogens with zero attached hydrogens (tertiary/aromatic N) is 2. The van der Waals surface area contributed by atoms with Gasteiger partial charge in [0.25, 0.3) is 0 Å². The van der Waals surface area contributed by atoms with E-state index in [2.05, 4.69) is 30.9 Å². The molecule has 0 saturated heterocycles. The molecule has 2 N–H and O–H groups in total. The quantitative estimate of drug-likeness (QED) is 0.844. The number of aromatic nitrogens is 2. The fourth-order valence-corrected chi connectivity index (χ4v) is 2.39. The summed E-state index contributed by atoms with van der Waals surface area (Å²) in [6.07, 6.45) is 5.45. The van der Waals surface area contributed by atoms with Crippen molar-refractivity contribution in [3.63, 3.8) is 0 Å². The van der Waals surface area contributed by atoms with Gasteiger partial charge in [0.2, 0.25) is 5.89 Å². The van der Waals surface area contributed by atoms with Gasteiger partial charge in [0.05, 0.1) is 0 Å². The highest BCUT2D eigenvalue weighted by atomic mass is 16.5. The number of aryl methyl sites for hydroxylation is 1. The van der Waals surface area contributed by atoms with Gasteiger partial charge in [-0.2, -0.15) is 4.98 Å². The van der Waals surface area contributed by atoms with E-state index in [1.807, 2.05) is 0 Å². The van der Waals surface area contributed by atoms with E-state index in [4.69, 9.17) is 10.3 Å². The van der Waals surface area contributed by atoms with Crippen LogP contribution in [0.15, 0.2) is 4.52 Å². The molecule has 1 saturated carbocycles. The van der Waals surface area contributed by atoms with Crippen LogP contribution in [0.3, 0.4) is 0 Å². The second-order valence-electron chi connectivity index (χ2n) is 6.50. The molecule has 1 heterocycles. The molecule has 1 aromatic heterocycles. The second kappa shape index (κ2) is 5.39. The van der Waals surface area contributed by atoms with E-state index in [0.717, 1.165) is 37.5 Å². The smallest absolute Gasteiger partial charge is 0.226 e. The Hall–Kier alpha value is -0.900. The maximum Gasteiger partial charge on any atom is 0.226 e. The van der Waals surface area contributed by atoms with Gasteiger partial charge in [0, 0.05) is 12.3 Å². The maximum atomic E-state index is 5.70. The predicted molar refractivity (Wildman–Crippen MR) is 71.2 cm³/mol. The summed E-state index contributed by atoms with van der Waals surface area (Å²) in [4.78, 5) is 4.48. The topological polar surface area (TPSA) is 64.9 Å². The van der Waals surface area contributed by atoms with E-state index < -0.39 is 0 Å². The van der Waals surface area contributed by atoms with Crippen LogP contribution in [0.1, 0.15) is 64.1 Å². The van der Waals surface area contributed by atoms with Crippen molar-refractivity contribution in [1.82, 2.24) is 10.1 Å². The fraction of sp³-hybridized carbons (Fsp3) is 0.857. The predicted octanol–water partition coefficient (Wildman–Crippen LogP) is 2.89. The molecule has 0 bridgehead atoms. The summed E-state index contributed by atoms with van der Waals surface area (Å²) in [5, 5.41) is 4.05. The highest BCUT2D eigenvalue weighted by Crippen LogP contribution is 2.38. The van der Waals surface area contributed by atoms with Crippen LogP contribution in [0, 0.1) is 11.3 Å². The summed E-state index contributed by atoms with van der Waals surface area (Å²) in [7, 11) is 0. The zero-order valence-corrected chi connectivity index (χ0v) is 11.8. The second-order valence-corrected chi connectivity index (χ2v) is 6.50. The number of rotatable bonds is 6. The normalized spacial score (nSPS) is 18.0. The first-order valence-corrected chi connectivity index (χ1v) is 7.03. The number of hydrogen-bond donors (Lipinski definition) is 1. The molecular weight excluding hydrogens is 226 g/mol. The van der Waals surface area contributed by atoms with Gasteiger partial charge in [0.15, 0.2) is 5.82 Å². The lowest BCUT2D eigenvalue weighted by Crippen LogP contribution is -2.24. The Morgan fingerprint density at radius 2 is 2.06 bits per heavy atom. The SMILES string of the molecule is CC(C)(C)C(CCN)CCc1nc(C2CC2)no1. The van der Waals surface area contributed by atoms with Crippen LogP contribution in [-0.4, -0.2) is 16.7 Å². The van der Waals surface area contributed by atoms with Crippen LogP contribution in [-0.2, 0) is 6.42 Å². The van der Waals surface area contributed by atoms with Crippen molar-refractivity contribution < 1.29 is 4.52 Å². The van der Waals surface area contributed by atoms with Gasteiger partial charge in [-0.05, 0) is 43.6 Å². The van der Waals surface area contributed by atoms with Gasteiger partial charge in [-0.15, -0.1) is 0 Å². The standard InChI is InChI=1S/C14H25N3O/c1-14(2,3)11(8-9-15)6-7-12-16-13(17-18-12)10-4-5-10/h10-11H,4-9,15H2,1-3H3. The van der Waals surface area contributed by atoms with Crippen LogP contribution in [0.5, 0.6) is 0 Å². The molecule has 0 amide bonds. The number of hydrogen-bond acceptors (Lipinski definition) is 4. The van der Waals surface area contributed by atoms with Crippen molar-refractivity contribution in [3.05, 3.63) is 11.7 Å². The molecule has 1 unspecified atom stereocenters. The van der Waals surface area contributed by atoms with E-state index in [9.17, 15) is 0 Å². The highest BCUT2D eigenvalue weighted by molar-refractivity contribution is 5.03. The van der Waals surface area contributed by atoms with Crippen molar-refractivity contribution in [2.45, 2.75) is 58.8 Å². The summed E-state index contributed by atoms with van der Waals surface area (Å²) < 4.78 is 5.31. The molecule has 4 nitrogen and oxygen atoms in total. The lowest BCUT2D eigenvalue weighted by atomic mass is 9.76. The summed E-state index contributed by atoms with van der Waals surface area (Å²) in [6, 6.07) is 0. The van der Waals surface area contributed by atoms with Gasteiger partial charge >= 0.3 is 0 Å². The summed E-state index contributed by atoms with van der Waals surface area (Å²) >= 11 is 0. The molecule has 1 atom stereocenters. The Morgan fingerprint density at radius 3 is 2.61 bits per heavy atom. The molecule has 0 radical (unpaired) electrons. The molecule has 1 aliphatic rings. The Morgan fingerprint density at radius 1 is 1.33 bits per heavy atom. The largest absolute Gasteiger partial charge is 0.339 e. The zero-order valence-electron chi connectivity index (χ0n) is 11.8. The maximum absolute atomic E-state index is 5.70. The van der Waals surface area contributed by atoms with Gasteiger partial charge in [-0.3, -0.25) is 0 Å². The van der Waals surface area contributed by atoms with Gasteiger partial charge in [-0.25, -0.2) is 0 Å². The highest BCUT2D eigenvalue weighted by Gasteiger charge is 2.29. The molecule has 1 fully saturated rings. The van der Waals surface area contributed by atoms with Gasteiger partial charge < -0.3 is 10.3 Å². The van der Waals surface area contributed by atoms with Crippen LogP contribution in [0.2, 0.25) is 0 Å². The van der Waals surface area contributed by atoms with E-state index >= 15 is 0 Å². The van der Waals surface area contributed by atoms with Crippen molar-refractivity contribution in [2.75, 3.05) is 6.54 Å². The molecule has 2 rings (SSSR count). The van der Waals surface area contributed by atoms with Crippen molar-refractivity contribution in [1.29, 1.82) is 0 Å². The Labute approximate surface area is 109 Å². The van der Waals surface area contributed by atoms with Crippen LogP contribution in [0.4, 0.5) is 0 Å². The first-order valence-electron chi connectivity index (χ1n) is 7.03. The van der Waals surface area contributed by atoms with E-state index in [0.29, 0.717) is 17.3 Å². The minimum Gasteiger partial charge on any atom is -0.339 e. The van der Waals surface area contributed by atoms with Gasteiger partial charge in [0.1, 0.15) is 0 Å². The molecule has 4 heteroatoms.